The first-order chi connectivity index (χ1) is 13.2. The quantitative estimate of drug-likeness (QED) is 0.214. The van der Waals surface area contributed by atoms with Gasteiger partial charge in [-0.05, 0) is 51.2 Å². The van der Waals surface area contributed by atoms with Crippen LogP contribution in [0.1, 0.15) is 42.3 Å². The van der Waals surface area contributed by atoms with E-state index in [-0.39, 0.29) is 24.0 Å². The number of aryl methyl sites for hydroxylation is 1. The lowest BCUT2D eigenvalue weighted by Gasteiger charge is -2.11. The third-order valence-corrected chi connectivity index (χ3v) is 5.21. The molecule has 0 unspecified atom stereocenters. The Morgan fingerprint density at radius 2 is 1.89 bits per heavy atom. The molecule has 1 aromatic heterocycles. The van der Waals surface area contributed by atoms with Gasteiger partial charge in [0.1, 0.15) is 0 Å². The second-order valence-electron chi connectivity index (χ2n) is 6.61. The highest BCUT2D eigenvalue weighted by atomic mass is 127. The van der Waals surface area contributed by atoms with Crippen LogP contribution in [0.3, 0.4) is 0 Å². The Morgan fingerprint density at radius 3 is 2.57 bits per heavy atom. The molecule has 0 aliphatic carbocycles. The molecule has 0 fully saturated rings. The first-order valence-corrected chi connectivity index (χ1v) is 11.1. The fourth-order valence-corrected chi connectivity index (χ4v) is 3.44. The molecule has 156 valence electrons. The number of hydrogen-bond donors (Lipinski definition) is 2. The second-order valence-corrected chi connectivity index (χ2v) is 7.60. The summed E-state index contributed by atoms with van der Waals surface area (Å²) in [7, 11) is 0. The average Bonchev–Trinajstić information content (AvgIpc) is 2.93. The van der Waals surface area contributed by atoms with Crippen LogP contribution in [-0.4, -0.2) is 40.8 Å². The average molecular weight is 516 g/mol. The fourth-order valence-electron chi connectivity index (χ4n) is 2.95. The predicted octanol–water partition coefficient (Wildman–Crippen LogP) is 4.36. The van der Waals surface area contributed by atoms with Gasteiger partial charge in [-0.3, -0.25) is 4.68 Å². The van der Waals surface area contributed by atoms with Crippen LogP contribution in [0.4, 0.5) is 0 Å². The molecule has 2 rings (SSSR count). The van der Waals surface area contributed by atoms with E-state index in [2.05, 4.69) is 66.6 Å². The highest BCUT2D eigenvalue weighted by Crippen LogP contribution is 2.16. The zero-order valence-electron chi connectivity index (χ0n) is 17.5. The van der Waals surface area contributed by atoms with E-state index in [9.17, 15) is 0 Å². The predicted molar refractivity (Wildman–Crippen MR) is 133 cm³/mol. The van der Waals surface area contributed by atoms with E-state index in [4.69, 9.17) is 10.1 Å². The molecule has 2 N–H and O–H groups in total. The van der Waals surface area contributed by atoms with Gasteiger partial charge in [0, 0.05) is 24.3 Å². The molecule has 1 aromatic carbocycles. The minimum absolute atomic E-state index is 0. The molecular weight excluding hydrogens is 481 g/mol. The van der Waals surface area contributed by atoms with Crippen LogP contribution in [0.2, 0.25) is 0 Å². The summed E-state index contributed by atoms with van der Waals surface area (Å²) in [5.74, 6) is 2.10. The second kappa shape index (κ2) is 13.9. The summed E-state index contributed by atoms with van der Waals surface area (Å²) in [6.07, 6.45) is 4.55. The Morgan fingerprint density at radius 1 is 1.14 bits per heavy atom. The molecule has 7 heteroatoms. The Bertz CT molecular complexity index is 715. The SMILES string of the molecule is CCNC(=NCc1c(C)nn(Cc2ccccc2)c1C)NCCCCSC.I. The standard InChI is InChI=1S/C21H33N5S.HI/c1-5-22-21(23-13-9-10-14-27-4)24-15-20-17(2)25-26(18(20)3)16-19-11-7-6-8-12-19;/h6-8,11-12H,5,9-10,13-16H2,1-4H3,(H2,22,23,24);1H. The number of hydrogen-bond acceptors (Lipinski definition) is 3. The van der Waals surface area contributed by atoms with Crippen molar-refractivity contribution < 1.29 is 0 Å². The molecule has 0 bridgehead atoms. The van der Waals surface area contributed by atoms with Crippen molar-refractivity contribution in [3.8, 4) is 0 Å². The minimum Gasteiger partial charge on any atom is -0.357 e. The first kappa shape index (κ1) is 24.8. The van der Waals surface area contributed by atoms with Crippen molar-refractivity contribution in [1.82, 2.24) is 20.4 Å². The summed E-state index contributed by atoms with van der Waals surface area (Å²) in [5.41, 5.74) is 4.72. The van der Waals surface area contributed by atoms with Crippen LogP contribution in [0.15, 0.2) is 35.3 Å². The molecule has 0 aliphatic heterocycles. The molecule has 0 atom stereocenters. The maximum Gasteiger partial charge on any atom is 0.191 e. The maximum absolute atomic E-state index is 4.78. The van der Waals surface area contributed by atoms with Gasteiger partial charge in [0.25, 0.3) is 0 Å². The number of unbranched alkanes of at least 4 members (excludes halogenated alkanes) is 1. The zero-order valence-corrected chi connectivity index (χ0v) is 20.6. The Balaban J connectivity index is 0.00000392. The van der Waals surface area contributed by atoms with Crippen LogP contribution >= 0.6 is 35.7 Å². The first-order valence-electron chi connectivity index (χ1n) is 9.73. The summed E-state index contributed by atoms with van der Waals surface area (Å²) in [6.45, 7) is 9.56. The normalized spacial score (nSPS) is 11.2. The summed E-state index contributed by atoms with van der Waals surface area (Å²) in [5, 5.41) is 11.5. The van der Waals surface area contributed by atoms with Crippen molar-refractivity contribution >= 4 is 41.7 Å². The van der Waals surface area contributed by atoms with Crippen molar-refractivity contribution in [3.63, 3.8) is 0 Å². The maximum atomic E-state index is 4.78. The number of aliphatic imine (C=N–C) groups is 1. The highest BCUT2D eigenvalue weighted by molar-refractivity contribution is 14.0. The molecule has 2 aromatic rings. The van der Waals surface area contributed by atoms with Crippen LogP contribution in [-0.2, 0) is 13.1 Å². The van der Waals surface area contributed by atoms with E-state index in [1.807, 2.05) is 17.8 Å². The molecule has 1 heterocycles. The molecular formula is C21H34IN5S. The minimum atomic E-state index is 0. The van der Waals surface area contributed by atoms with E-state index in [1.165, 1.54) is 29.0 Å². The van der Waals surface area contributed by atoms with Gasteiger partial charge in [-0.1, -0.05) is 30.3 Å². The molecule has 5 nitrogen and oxygen atoms in total. The third kappa shape index (κ3) is 8.03. The summed E-state index contributed by atoms with van der Waals surface area (Å²) in [4.78, 5) is 4.78. The van der Waals surface area contributed by atoms with Crippen molar-refractivity contribution in [3.05, 3.63) is 52.8 Å². The molecule has 0 saturated carbocycles. The van der Waals surface area contributed by atoms with Crippen molar-refractivity contribution in [2.75, 3.05) is 25.1 Å². The van der Waals surface area contributed by atoms with Gasteiger partial charge in [-0.15, -0.1) is 24.0 Å². The number of benzene rings is 1. The molecule has 0 spiro atoms. The number of nitrogens with one attached hydrogen (secondary N) is 2. The van der Waals surface area contributed by atoms with Crippen LogP contribution in [0.25, 0.3) is 0 Å². The van der Waals surface area contributed by atoms with Crippen molar-refractivity contribution in [1.29, 1.82) is 0 Å². The molecule has 28 heavy (non-hydrogen) atoms. The number of thioether (sulfide) groups is 1. The van der Waals surface area contributed by atoms with E-state index >= 15 is 0 Å². The van der Waals surface area contributed by atoms with Gasteiger partial charge >= 0.3 is 0 Å². The lowest BCUT2D eigenvalue weighted by Crippen LogP contribution is -2.37. The van der Waals surface area contributed by atoms with Crippen LogP contribution in [0, 0.1) is 13.8 Å². The monoisotopic (exact) mass is 515 g/mol. The van der Waals surface area contributed by atoms with E-state index in [0.29, 0.717) is 6.54 Å². The van der Waals surface area contributed by atoms with E-state index in [0.717, 1.165) is 37.7 Å². The molecule has 0 aliphatic rings. The smallest absolute Gasteiger partial charge is 0.191 e. The number of halogens is 1. The molecule has 0 amide bonds. The topological polar surface area (TPSA) is 54.2 Å². The van der Waals surface area contributed by atoms with Gasteiger partial charge < -0.3 is 10.6 Å². The lowest BCUT2D eigenvalue weighted by molar-refractivity contribution is 0.658. The van der Waals surface area contributed by atoms with Gasteiger partial charge in [-0.25, -0.2) is 4.99 Å². The Hall–Kier alpha value is -1.22. The Labute approximate surface area is 191 Å². The van der Waals surface area contributed by atoms with E-state index in [1.54, 1.807) is 0 Å². The number of nitrogens with zero attached hydrogens (tertiary/aromatic N) is 3. The lowest BCUT2D eigenvalue weighted by atomic mass is 10.2. The van der Waals surface area contributed by atoms with Crippen LogP contribution in [0.5, 0.6) is 0 Å². The van der Waals surface area contributed by atoms with Crippen molar-refractivity contribution in [2.24, 2.45) is 4.99 Å². The van der Waals surface area contributed by atoms with Gasteiger partial charge in [0.2, 0.25) is 0 Å². The van der Waals surface area contributed by atoms with Gasteiger partial charge in [0.15, 0.2) is 5.96 Å². The summed E-state index contributed by atoms with van der Waals surface area (Å²) < 4.78 is 2.08. The fraction of sp³-hybridized carbons (Fsp3) is 0.524. The summed E-state index contributed by atoms with van der Waals surface area (Å²) >= 11 is 1.90. The number of guanidine groups is 1. The van der Waals surface area contributed by atoms with E-state index < -0.39 is 0 Å². The number of rotatable bonds is 10. The molecule has 0 saturated heterocycles. The summed E-state index contributed by atoms with van der Waals surface area (Å²) in [6, 6.07) is 10.5. The Kier molecular flexibility index (Phi) is 12.3. The molecule has 0 radical (unpaired) electrons. The highest BCUT2D eigenvalue weighted by Gasteiger charge is 2.11. The number of aromatic nitrogens is 2. The van der Waals surface area contributed by atoms with Gasteiger partial charge in [0.05, 0.1) is 18.8 Å². The third-order valence-electron chi connectivity index (χ3n) is 4.51. The van der Waals surface area contributed by atoms with Gasteiger partial charge in [-0.2, -0.15) is 16.9 Å². The zero-order chi connectivity index (χ0) is 19.5. The van der Waals surface area contributed by atoms with Crippen LogP contribution < -0.4 is 10.6 Å². The van der Waals surface area contributed by atoms with Crippen molar-refractivity contribution in [2.45, 2.75) is 46.7 Å². The largest absolute Gasteiger partial charge is 0.357 e.